The highest BCUT2D eigenvalue weighted by atomic mass is 31.1. The molecule has 0 aromatic heterocycles. The van der Waals surface area contributed by atoms with Crippen LogP contribution >= 0.6 is 8.25 Å². The summed E-state index contributed by atoms with van der Waals surface area (Å²) in [5.41, 5.74) is 2.11. The van der Waals surface area contributed by atoms with Gasteiger partial charge in [-0.2, -0.15) is 0 Å². The fourth-order valence-corrected chi connectivity index (χ4v) is 2.41. The molecule has 0 saturated carbocycles. The summed E-state index contributed by atoms with van der Waals surface area (Å²) >= 11 is 0. The lowest BCUT2D eigenvalue weighted by atomic mass is 10.1. The van der Waals surface area contributed by atoms with E-state index < -0.39 is 8.25 Å². The highest BCUT2D eigenvalue weighted by Gasteiger charge is 2.19. The SMILES string of the molecule is CC(Cc1cccc(OCc2ccccc2)c1)O[P+](=O)O. The number of benzene rings is 2. The second-order valence-corrected chi connectivity index (χ2v) is 5.47. The van der Waals surface area contributed by atoms with Crippen molar-refractivity contribution >= 4 is 8.25 Å². The van der Waals surface area contributed by atoms with Gasteiger partial charge in [0.1, 0.15) is 18.5 Å². The fourth-order valence-electron chi connectivity index (χ4n) is 2.03. The molecule has 1 N–H and O–H groups in total. The van der Waals surface area contributed by atoms with Crippen molar-refractivity contribution in [2.75, 3.05) is 0 Å². The Labute approximate surface area is 125 Å². The molecule has 2 aromatic carbocycles. The van der Waals surface area contributed by atoms with E-state index in [1.807, 2.05) is 54.6 Å². The molecule has 0 spiro atoms. The molecule has 0 saturated heterocycles. The van der Waals surface area contributed by atoms with Gasteiger partial charge in [-0.25, -0.2) is 0 Å². The molecule has 0 bridgehead atoms. The number of hydrogen-bond acceptors (Lipinski definition) is 3. The topological polar surface area (TPSA) is 55.8 Å². The van der Waals surface area contributed by atoms with Gasteiger partial charge in [-0.05, 0) is 30.2 Å². The van der Waals surface area contributed by atoms with Gasteiger partial charge in [0, 0.05) is 11.0 Å². The van der Waals surface area contributed by atoms with Crippen LogP contribution in [0.3, 0.4) is 0 Å². The predicted molar refractivity (Wildman–Crippen MR) is 81.3 cm³/mol. The lowest BCUT2D eigenvalue weighted by Gasteiger charge is -2.09. The van der Waals surface area contributed by atoms with Crippen molar-refractivity contribution < 1.29 is 18.7 Å². The Morgan fingerprint density at radius 3 is 2.52 bits per heavy atom. The Hall–Kier alpha value is -1.74. The molecule has 0 radical (unpaired) electrons. The third kappa shape index (κ3) is 5.64. The molecule has 21 heavy (non-hydrogen) atoms. The van der Waals surface area contributed by atoms with Gasteiger partial charge < -0.3 is 4.74 Å². The quantitative estimate of drug-likeness (QED) is 0.789. The molecular formula is C16H18O4P+. The van der Waals surface area contributed by atoms with E-state index in [-0.39, 0.29) is 6.10 Å². The molecule has 0 aliphatic rings. The summed E-state index contributed by atoms with van der Waals surface area (Å²) in [5.74, 6) is 0.775. The van der Waals surface area contributed by atoms with Crippen molar-refractivity contribution in [3.63, 3.8) is 0 Å². The first-order chi connectivity index (χ1) is 10.1. The van der Waals surface area contributed by atoms with Crippen LogP contribution in [0.25, 0.3) is 0 Å². The molecule has 2 aromatic rings. The van der Waals surface area contributed by atoms with E-state index in [4.69, 9.17) is 14.2 Å². The van der Waals surface area contributed by atoms with Crippen molar-refractivity contribution in [1.29, 1.82) is 0 Å². The summed E-state index contributed by atoms with van der Waals surface area (Å²) in [6, 6.07) is 17.6. The Kier molecular flexibility index (Phi) is 5.88. The summed E-state index contributed by atoms with van der Waals surface area (Å²) in [4.78, 5) is 8.73. The van der Waals surface area contributed by atoms with Gasteiger partial charge in [0.25, 0.3) is 0 Å². The Morgan fingerprint density at radius 1 is 1.10 bits per heavy atom. The van der Waals surface area contributed by atoms with Crippen LogP contribution in [0.4, 0.5) is 0 Å². The molecule has 110 valence electrons. The molecule has 2 unspecified atom stereocenters. The summed E-state index contributed by atoms with van der Waals surface area (Å²) in [5, 5.41) is 0. The van der Waals surface area contributed by atoms with Gasteiger partial charge in [-0.15, -0.1) is 9.42 Å². The van der Waals surface area contributed by atoms with Gasteiger partial charge in [-0.1, -0.05) is 42.5 Å². The molecule has 2 atom stereocenters. The van der Waals surface area contributed by atoms with E-state index in [0.717, 1.165) is 16.9 Å². The van der Waals surface area contributed by atoms with E-state index in [2.05, 4.69) is 0 Å². The summed E-state index contributed by atoms with van der Waals surface area (Å²) in [7, 11) is -2.56. The lowest BCUT2D eigenvalue weighted by molar-refractivity contribution is 0.205. The molecule has 4 nitrogen and oxygen atoms in total. The summed E-state index contributed by atoms with van der Waals surface area (Å²) in [6.45, 7) is 2.28. The number of hydrogen-bond donors (Lipinski definition) is 1. The van der Waals surface area contributed by atoms with Crippen molar-refractivity contribution in [2.24, 2.45) is 0 Å². The minimum Gasteiger partial charge on any atom is -0.489 e. The summed E-state index contributed by atoms with van der Waals surface area (Å²) < 4.78 is 21.2. The Bertz CT molecular complexity index is 586. The van der Waals surface area contributed by atoms with Crippen LogP contribution in [0.5, 0.6) is 5.75 Å². The van der Waals surface area contributed by atoms with Crippen LogP contribution in [0.15, 0.2) is 54.6 Å². The second-order valence-electron chi connectivity index (χ2n) is 4.78. The minimum atomic E-state index is -2.56. The van der Waals surface area contributed by atoms with Crippen LogP contribution < -0.4 is 4.74 Å². The van der Waals surface area contributed by atoms with Crippen LogP contribution in [-0.2, 0) is 22.1 Å². The van der Waals surface area contributed by atoms with Crippen molar-refractivity contribution in [3.8, 4) is 5.75 Å². The lowest BCUT2D eigenvalue weighted by Crippen LogP contribution is -2.07. The van der Waals surface area contributed by atoms with Gasteiger partial charge in [-0.3, -0.25) is 0 Å². The third-order valence-corrected chi connectivity index (χ3v) is 3.48. The molecule has 0 aliphatic carbocycles. The largest absolute Gasteiger partial charge is 0.694 e. The molecule has 2 rings (SSSR count). The first-order valence-electron chi connectivity index (χ1n) is 6.72. The highest BCUT2D eigenvalue weighted by molar-refractivity contribution is 7.32. The van der Waals surface area contributed by atoms with E-state index >= 15 is 0 Å². The maximum Gasteiger partial charge on any atom is 0.694 e. The molecular weight excluding hydrogens is 287 g/mol. The normalized spacial score (nSPS) is 12.8. The van der Waals surface area contributed by atoms with Crippen LogP contribution in [0.1, 0.15) is 18.1 Å². The smallest absolute Gasteiger partial charge is 0.489 e. The summed E-state index contributed by atoms with van der Waals surface area (Å²) in [6.07, 6.45) is 0.243. The number of ether oxygens (including phenoxy) is 1. The van der Waals surface area contributed by atoms with E-state index in [1.54, 1.807) is 6.92 Å². The van der Waals surface area contributed by atoms with Gasteiger partial charge in [0.2, 0.25) is 0 Å². The number of rotatable bonds is 7. The van der Waals surface area contributed by atoms with Crippen molar-refractivity contribution in [1.82, 2.24) is 0 Å². The average molecular weight is 305 g/mol. The zero-order valence-electron chi connectivity index (χ0n) is 11.8. The zero-order chi connectivity index (χ0) is 15.1. The standard InChI is InChI=1S/C16H17O4P/c1-13(20-21(17)18)10-15-8-5-9-16(11-15)19-12-14-6-3-2-4-7-14/h2-9,11,13H,10,12H2,1H3/p+1. The minimum absolute atomic E-state index is 0.317. The van der Waals surface area contributed by atoms with Crippen LogP contribution in [0, 0.1) is 0 Å². The van der Waals surface area contributed by atoms with Crippen molar-refractivity contribution in [3.05, 3.63) is 65.7 Å². The average Bonchev–Trinajstić information content (AvgIpc) is 2.46. The van der Waals surface area contributed by atoms with Gasteiger partial charge in [0.05, 0.1) is 0 Å². The fraction of sp³-hybridized carbons (Fsp3) is 0.250. The Morgan fingerprint density at radius 2 is 1.81 bits per heavy atom. The zero-order valence-corrected chi connectivity index (χ0v) is 12.7. The van der Waals surface area contributed by atoms with E-state index in [9.17, 15) is 4.57 Å². The highest BCUT2D eigenvalue weighted by Crippen LogP contribution is 2.22. The van der Waals surface area contributed by atoms with Gasteiger partial charge in [0.15, 0.2) is 0 Å². The molecule has 5 heteroatoms. The second kappa shape index (κ2) is 7.89. The van der Waals surface area contributed by atoms with Crippen LogP contribution in [-0.4, -0.2) is 11.0 Å². The first kappa shape index (κ1) is 15.6. The van der Waals surface area contributed by atoms with Crippen LogP contribution in [0.2, 0.25) is 0 Å². The third-order valence-electron chi connectivity index (χ3n) is 2.94. The van der Waals surface area contributed by atoms with E-state index in [1.165, 1.54) is 0 Å². The predicted octanol–water partition coefficient (Wildman–Crippen LogP) is 3.86. The molecule has 0 amide bonds. The van der Waals surface area contributed by atoms with E-state index in [0.29, 0.717) is 13.0 Å². The maximum absolute atomic E-state index is 10.6. The Balaban J connectivity index is 1.93. The van der Waals surface area contributed by atoms with Gasteiger partial charge >= 0.3 is 8.25 Å². The molecule has 0 aliphatic heterocycles. The van der Waals surface area contributed by atoms with Crippen molar-refractivity contribution in [2.45, 2.75) is 26.1 Å². The first-order valence-corrected chi connectivity index (χ1v) is 7.85. The molecule has 0 fully saturated rings. The maximum atomic E-state index is 10.6. The molecule has 0 heterocycles. The monoisotopic (exact) mass is 305 g/mol.